The number of ether oxygens (including phenoxy) is 1. The minimum Gasteiger partial charge on any atom is -0.492 e. The summed E-state index contributed by atoms with van der Waals surface area (Å²) in [6.07, 6.45) is 1.28. The van der Waals surface area contributed by atoms with E-state index >= 15 is 0 Å². The first-order valence-corrected chi connectivity index (χ1v) is 12.1. The lowest BCUT2D eigenvalue weighted by Crippen LogP contribution is -2.50. The highest BCUT2D eigenvalue weighted by atomic mass is 35.5. The number of amides is 1. The SMILES string of the molecule is CCC(C(=O)NCCOc1ccc(C)c(Cl)c1)N(c1cc(Cl)cc(Cl)c1)S(C)(=O)=O. The summed E-state index contributed by atoms with van der Waals surface area (Å²) in [4.78, 5) is 12.8. The number of nitrogens with one attached hydrogen (secondary N) is 1. The van der Waals surface area contributed by atoms with Crippen molar-refractivity contribution in [2.24, 2.45) is 0 Å². The van der Waals surface area contributed by atoms with Gasteiger partial charge < -0.3 is 10.1 Å². The second-order valence-electron chi connectivity index (χ2n) is 6.66. The summed E-state index contributed by atoms with van der Waals surface area (Å²) < 4.78 is 31.5. The Balaban J connectivity index is 2.09. The van der Waals surface area contributed by atoms with Crippen LogP contribution in [0.5, 0.6) is 5.75 Å². The maximum atomic E-state index is 12.8. The number of nitrogens with zero attached hydrogens (tertiary/aromatic N) is 1. The Morgan fingerprint density at radius 3 is 2.30 bits per heavy atom. The van der Waals surface area contributed by atoms with Crippen LogP contribution in [0, 0.1) is 6.92 Å². The Hall–Kier alpha value is -1.67. The van der Waals surface area contributed by atoms with Gasteiger partial charge in [-0.15, -0.1) is 0 Å². The van der Waals surface area contributed by atoms with Gasteiger partial charge in [-0.3, -0.25) is 9.10 Å². The van der Waals surface area contributed by atoms with Crippen molar-refractivity contribution in [2.45, 2.75) is 26.3 Å². The van der Waals surface area contributed by atoms with Gasteiger partial charge in [0, 0.05) is 15.1 Å². The van der Waals surface area contributed by atoms with Gasteiger partial charge in [0.05, 0.1) is 18.5 Å². The maximum Gasteiger partial charge on any atom is 0.244 e. The lowest BCUT2D eigenvalue weighted by Gasteiger charge is -2.30. The van der Waals surface area contributed by atoms with Crippen LogP contribution in [0.2, 0.25) is 15.1 Å². The molecule has 0 aliphatic carbocycles. The first-order valence-electron chi connectivity index (χ1n) is 9.15. The zero-order valence-electron chi connectivity index (χ0n) is 16.8. The molecule has 2 aromatic carbocycles. The van der Waals surface area contributed by atoms with Crippen molar-refractivity contribution in [1.29, 1.82) is 0 Å². The Morgan fingerprint density at radius 2 is 1.77 bits per heavy atom. The molecule has 0 radical (unpaired) electrons. The number of rotatable bonds is 9. The highest BCUT2D eigenvalue weighted by molar-refractivity contribution is 7.92. The smallest absolute Gasteiger partial charge is 0.244 e. The zero-order chi connectivity index (χ0) is 22.5. The Morgan fingerprint density at radius 1 is 1.13 bits per heavy atom. The number of hydrogen-bond acceptors (Lipinski definition) is 4. The molecule has 1 unspecified atom stereocenters. The number of hydrogen-bond donors (Lipinski definition) is 1. The monoisotopic (exact) mass is 492 g/mol. The highest BCUT2D eigenvalue weighted by Gasteiger charge is 2.31. The van der Waals surface area contributed by atoms with E-state index in [4.69, 9.17) is 39.5 Å². The number of aryl methyl sites for hydroxylation is 1. The van der Waals surface area contributed by atoms with E-state index in [9.17, 15) is 13.2 Å². The third kappa shape index (κ3) is 6.67. The van der Waals surface area contributed by atoms with E-state index in [-0.39, 0.29) is 35.3 Å². The van der Waals surface area contributed by atoms with E-state index in [1.807, 2.05) is 13.0 Å². The van der Waals surface area contributed by atoms with Crippen molar-refractivity contribution in [3.63, 3.8) is 0 Å². The van der Waals surface area contributed by atoms with Crippen LogP contribution < -0.4 is 14.4 Å². The molecule has 30 heavy (non-hydrogen) atoms. The second kappa shape index (κ2) is 10.6. The number of carbonyl (C=O) groups is 1. The highest BCUT2D eigenvalue weighted by Crippen LogP contribution is 2.29. The molecule has 0 heterocycles. The Bertz CT molecular complexity index is 995. The molecule has 2 rings (SSSR count). The van der Waals surface area contributed by atoms with E-state index in [1.54, 1.807) is 19.1 Å². The summed E-state index contributed by atoms with van der Waals surface area (Å²) >= 11 is 18.1. The molecule has 1 N–H and O–H groups in total. The van der Waals surface area contributed by atoms with Crippen molar-refractivity contribution in [2.75, 3.05) is 23.7 Å². The van der Waals surface area contributed by atoms with Gasteiger partial charge in [-0.25, -0.2) is 8.42 Å². The standard InChI is InChI=1S/C20H23Cl3N2O4S/c1-4-19(25(30(3,27)28)16-10-14(21)9-15(22)11-16)20(26)24-7-8-29-17-6-5-13(2)18(23)12-17/h5-6,9-12,19H,4,7-8H2,1-3H3,(H,24,26). The molecule has 1 amide bonds. The number of benzene rings is 2. The second-order valence-corrected chi connectivity index (χ2v) is 9.80. The summed E-state index contributed by atoms with van der Waals surface area (Å²) in [7, 11) is -3.78. The molecule has 0 bridgehead atoms. The summed E-state index contributed by atoms with van der Waals surface area (Å²) in [6, 6.07) is 8.74. The Kier molecular flexibility index (Phi) is 8.67. The van der Waals surface area contributed by atoms with Gasteiger partial charge in [-0.2, -0.15) is 0 Å². The van der Waals surface area contributed by atoms with Crippen LogP contribution in [0.4, 0.5) is 5.69 Å². The molecule has 1 atom stereocenters. The summed E-state index contributed by atoms with van der Waals surface area (Å²) in [5.74, 6) is 0.128. The van der Waals surface area contributed by atoms with Gasteiger partial charge in [0.1, 0.15) is 18.4 Å². The molecular weight excluding hydrogens is 471 g/mol. The fourth-order valence-electron chi connectivity index (χ4n) is 2.85. The van der Waals surface area contributed by atoms with Crippen LogP contribution in [-0.4, -0.2) is 39.8 Å². The number of anilines is 1. The van der Waals surface area contributed by atoms with Crippen molar-refractivity contribution < 1.29 is 17.9 Å². The van der Waals surface area contributed by atoms with Gasteiger partial charge in [0.2, 0.25) is 15.9 Å². The molecule has 0 aromatic heterocycles. The average Bonchev–Trinajstić information content (AvgIpc) is 2.63. The normalized spacial score (nSPS) is 12.3. The molecule has 0 aliphatic heterocycles. The average molecular weight is 494 g/mol. The molecule has 0 fully saturated rings. The minimum atomic E-state index is -3.78. The lowest BCUT2D eigenvalue weighted by molar-refractivity contribution is -0.122. The molecule has 0 saturated carbocycles. The molecule has 10 heteroatoms. The molecule has 0 aliphatic rings. The van der Waals surface area contributed by atoms with Crippen molar-refractivity contribution >= 4 is 56.4 Å². The van der Waals surface area contributed by atoms with Crippen LogP contribution >= 0.6 is 34.8 Å². The van der Waals surface area contributed by atoms with E-state index in [0.717, 1.165) is 16.1 Å². The quantitative estimate of drug-likeness (QED) is 0.514. The van der Waals surface area contributed by atoms with Crippen LogP contribution in [-0.2, 0) is 14.8 Å². The van der Waals surface area contributed by atoms with Gasteiger partial charge >= 0.3 is 0 Å². The number of sulfonamides is 1. The van der Waals surface area contributed by atoms with Gasteiger partial charge in [-0.1, -0.05) is 47.8 Å². The van der Waals surface area contributed by atoms with Crippen LogP contribution in [0.1, 0.15) is 18.9 Å². The van der Waals surface area contributed by atoms with Gasteiger partial charge in [0.25, 0.3) is 0 Å². The molecule has 164 valence electrons. The first kappa shape index (κ1) is 24.6. The molecule has 0 spiro atoms. The van der Waals surface area contributed by atoms with Crippen molar-refractivity contribution in [3.8, 4) is 5.75 Å². The van der Waals surface area contributed by atoms with Gasteiger partial charge in [-0.05, 0) is 49.2 Å². The molecular formula is C20H23Cl3N2O4S. The fraction of sp³-hybridized carbons (Fsp3) is 0.350. The minimum absolute atomic E-state index is 0.189. The zero-order valence-corrected chi connectivity index (χ0v) is 19.9. The van der Waals surface area contributed by atoms with Crippen LogP contribution in [0.25, 0.3) is 0 Å². The summed E-state index contributed by atoms with van der Waals surface area (Å²) in [5, 5.41) is 3.84. The first-order chi connectivity index (χ1) is 14.0. The number of halogens is 3. The lowest BCUT2D eigenvalue weighted by atomic mass is 10.2. The fourth-order valence-corrected chi connectivity index (χ4v) is 4.73. The van der Waals surface area contributed by atoms with E-state index in [2.05, 4.69) is 5.32 Å². The molecule has 0 saturated heterocycles. The third-order valence-electron chi connectivity index (χ3n) is 4.24. The van der Waals surface area contributed by atoms with Gasteiger partial charge in [0.15, 0.2) is 0 Å². The molecule has 6 nitrogen and oxygen atoms in total. The summed E-state index contributed by atoms with van der Waals surface area (Å²) in [6.45, 7) is 4.00. The van der Waals surface area contributed by atoms with Crippen LogP contribution in [0.15, 0.2) is 36.4 Å². The van der Waals surface area contributed by atoms with Crippen molar-refractivity contribution in [1.82, 2.24) is 5.32 Å². The summed E-state index contributed by atoms with van der Waals surface area (Å²) in [5.41, 5.74) is 1.16. The van der Waals surface area contributed by atoms with E-state index < -0.39 is 22.0 Å². The predicted octanol–water partition coefficient (Wildman–Crippen LogP) is 4.70. The van der Waals surface area contributed by atoms with E-state index in [1.165, 1.54) is 18.2 Å². The van der Waals surface area contributed by atoms with Crippen molar-refractivity contribution in [3.05, 3.63) is 57.0 Å². The largest absolute Gasteiger partial charge is 0.492 e. The maximum absolute atomic E-state index is 12.8. The van der Waals surface area contributed by atoms with E-state index in [0.29, 0.717) is 10.8 Å². The molecule has 2 aromatic rings. The third-order valence-corrected chi connectivity index (χ3v) is 6.27. The number of carbonyl (C=O) groups excluding carboxylic acids is 1. The topological polar surface area (TPSA) is 75.7 Å². The predicted molar refractivity (Wildman–Crippen MR) is 123 cm³/mol. The Labute approximate surface area is 192 Å². The van der Waals surface area contributed by atoms with Crippen LogP contribution in [0.3, 0.4) is 0 Å².